The number of hydrogen-bond donors (Lipinski definition) is 1. The van der Waals surface area contributed by atoms with E-state index in [9.17, 15) is 14.4 Å². The topological polar surface area (TPSA) is 110 Å². The molecule has 0 aliphatic carbocycles. The number of nitrogens with one attached hydrogen (secondary N) is 1. The molecule has 0 atom stereocenters. The fraction of sp³-hybridized carbons (Fsp3) is 0.500. The van der Waals surface area contributed by atoms with Crippen molar-refractivity contribution in [2.45, 2.75) is 65.2 Å². The van der Waals surface area contributed by atoms with E-state index in [0.717, 1.165) is 59.3 Å². The van der Waals surface area contributed by atoms with Crippen molar-refractivity contribution in [3.05, 3.63) is 57.3 Å². The minimum atomic E-state index is -0.815. The number of thiophene rings is 1. The molecule has 3 heterocycles. The van der Waals surface area contributed by atoms with Gasteiger partial charge in [0.05, 0.1) is 23.2 Å². The zero-order valence-corrected chi connectivity index (χ0v) is 26.0. The quantitative estimate of drug-likeness (QED) is 0.142. The van der Waals surface area contributed by atoms with Crippen LogP contribution >= 0.6 is 11.3 Å². The van der Waals surface area contributed by atoms with Crippen LogP contribution in [0.3, 0.4) is 0 Å². The molecule has 0 unspecified atom stereocenters. The number of benzene rings is 1. The molecule has 2 aliphatic heterocycles. The van der Waals surface area contributed by atoms with E-state index in [2.05, 4.69) is 17.1 Å². The van der Waals surface area contributed by atoms with Gasteiger partial charge in [-0.1, -0.05) is 64.0 Å². The molecule has 1 saturated heterocycles. The second-order valence-corrected chi connectivity index (χ2v) is 11.8. The van der Waals surface area contributed by atoms with Crippen molar-refractivity contribution in [3.8, 4) is 0 Å². The molecular formula is C32H42N4O6S. The molecule has 43 heavy (non-hydrogen) atoms. The van der Waals surface area contributed by atoms with E-state index in [4.69, 9.17) is 19.2 Å². The summed E-state index contributed by atoms with van der Waals surface area (Å²) in [5, 5.41) is 4.20. The van der Waals surface area contributed by atoms with Gasteiger partial charge in [0, 0.05) is 43.2 Å². The maximum absolute atomic E-state index is 13.6. The summed E-state index contributed by atoms with van der Waals surface area (Å²) < 4.78 is 16.5. The van der Waals surface area contributed by atoms with Gasteiger partial charge in [-0.05, 0) is 31.5 Å². The lowest BCUT2D eigenvalue weighted by atomic mass is 10.1. The van der Waals surface area contributed by atoms with Gasteiger partial charge in [-0.3, -0.25) is 0 Å². The van der Waals surface area contributed by atoms with Crippen molar-refractivity contribution in [2.24, 2.45) is 4.99 Å². The highest BCUT2D eigenvalue weighted by Crippen LogP contribution is 2.34. The molecular weight excluding hydrogens is 568 g/mol. The summed E-state index contributed by atoms with van der Waals surface area (Å²) >= 11 is 1.57. The summed E-state index contributed by atoms with van der Waals surface area (Å²) in [4.78, 5) is 47.4. The number of amides is 1. The van der Waals surface area contributed by atoms with E-state index in [1.165, 1.54) is 37.0 Å². The maximum atomic E-state index is 13.6. The number of unbranched alkanes of at least 4 members (excludes halogenated alkanes) is 7. The van der Waals surface area contributed by atoms with Crippen molar-refractivity contribution in [1.82, 2.24) is 10.2 Å². The average molecular weight is 611 g/mol. The van der Waals surface area contributed by atoms with E-state index in [1.807, 2.05) is 37.3 Å². The summed E-state index contributed by atoms with van der Waals surface area (Å²) in [6, 6.07) is 9.42. The van der Waals surface area contributed by atoms with Crippen molar-refractivity contribution >= 4 is 46.6 Å². The zero-order chi connectivity index (χ0) is 30.4. The van der Waals surface area contributed by atoms with E-state index in [-0.39, 0.29) is 0 Å². The molecule has 1 fully saturated rings. The summed E-state index contributed by atoms with van der Waals surface area (Å²) in [5.74, 6) is -0.742. The zero-order valence-electron chi connectivity index (χ0n) is 25.1. The first kappa shape index (κ1) is 32.2. The maximum Gasteiger partial charge on any atom is 0.423 e. The number of piperazine rings is 1. The Balaban J connectivity index is 1.32. The normalized spacial score (nSPS) is 14.5. The molecule has 0 spiro atoms. The Bertz CT molecular complexity index is 1400. The van der Waals surface area contributed by atoms with Crippen molar-refractivity contribution in [3.63, 3.8) is 0 Å². The smallest absolute Gasteiger partial charge is 0.423 e. The van der Waals surface area contributed by atoms with Gasteiger partial charge in [0.2, 0.25) is 6.79 Å². The molecule has 0 saturated carbocycles. The number of fused-ring (bicyclic) bond motifs is 2. The van der Waals surface area contributed by atoms with Gasteiger partial charge >= 0.3 is 18.0 Å². The van der Waals surface area contributed by atoms with Crippen LogP contribution in [-0.2, 0) is 23.8 Å². The third-order valence-corrected chi connectivity index (χ3v) is 8.16. The van der Waals surface area contributed by atoms with Crippen molar-refractivity contribution < 1.29 is 28.6 Å². The molecule has 10 nitrogen and oxygen atoms in total. The molecule has 1 aromatic carbocycles. The van der Waals surface area contributed by atoms with Crippen LogP contribution in [0.5, 0.6) is 0 Å². The van der Waals surface area contributed by atoms with Crippen LogP contribution in [0.25, 0.3) is 5.82 Å². The van der Waals surface area contributed by atoms with Crippen LogP contribution in [0.1, 0.15) is 63.2 Å². The van der Waals surface area contributed by atoms with Crippen LogP contribution in [0, 0.1) is 6.92 Å². The molecule has 1 amide bonds. The second kappa shape index (κ2) is 16.8. The number of para-hydroxylation sites is 2. The van der Waals surface area contributed by atoms with Gasteiger partial charge in [0.1, 0.15) is 10.5 Å². The highest BCUT2D eigenvalue weighted by Gasteiger charge is 2.31. The lowest BCUT2D eigenvalue weighted by Gasteiger charge is -2.36. The van der Waals surface area contributed by atoms with Gasteiger partial charge < -0.3 is 24.4 Å². The molecule has 11 heteroatoms. The predicted molar refractivity (Wildman–Crippen MR) is 166 cm³/mol. The van der Waals surface area contributed by atoms with E-state index < -0.39 is 24.8 Å². The Morgan fingerprint density at radius 3 is 2.35 bits per heavy atom. The third-order valence-electron chi connectivity index (χ3n) is 7.21. The highest BCUT2D eigenvalue weighted by atomic mass is 32.1. The predicted octanol–water partition coefficient (Wildman–Crippen LogP) is 4.68. The Morgan fingerprint density at radius 2 is 1.60 bits per heavy atom. The Hall–Kier alpha value is -3.70. The fourth-order valence-electron chi connectivity index (χ4n) is 5.05. The van der Waals surface area contributed by atoms with Gasteiger partial charge in [0.15, 0.2) is 0 Å². The van der Waals surface area contributed by atoms with Crippen LogP contribution < -0.4 is 20.1 Å². The number of nitrogens with zero attached hydrogens (tertiary/aromatic N) is 3. The first-order valence-corrected chi connectivity index (χ1v) is 16.0. The fourth-order valence-corrected chi connectivity index (χ4v) is 5.94. The lowest BCUT2D eigenvalue weighted by Crippen LogP contribution is -2.50. The minimum absolute atomic E-state index is 0.311. The monoisotopic (exact) mass is 610 g/mol. The Kier molecular flexibility index (Phi) is 12.6. The second-order valence-electron chi connectivity index (χ2n) is 10.5. The first-order chi connectivity index (χ1) is 21.0. The van der Waals surface area contributed by atoms with Crippen LogP contribution in [-0.4, -0.2) is 62.5 Å². The Morgan fingerprint density at radius 1 is 0.930 bits per heavy atom. The number of carbonyl (C=O) groups excluding carboxylic acids is 3. The highest BCUT2D eigenvalue weighted by molar-refractivity contribution is 7.09. The molecule has 0 bridgehead atoms. The lowest BCUT2D eigenvalue weighted by molar-refractivity contribution is -0.146. The summed E-state index contributed by atoms with van der Waals surface area (Å²) in [6.45, 7) is 6.85. The third kappa shape index (κ3) is 9.39. The van der Waals surface area contributed by atoms with Crippen molar-refractivity contribution in [1.29, 1.82) is 0 Å². The van der Waals surface area contributed by atoms with Gasteiger partial charge in [-0.15, -0.1) is 11.3 Å². The molecule has 4 rings (SSSR count). The summed E-state index contributed by atoms with van der Waals surface area (Å²) in [7, 11) is 0. The SMILES string of the molecule is CCCCCCCCCCOC(=O)/C=C/C(=O)OCOC(=O)N1C(N2CCNCC2)=c2cc(C)sc2=Nc2ccccc21. The molecule has 2 aromatic rings. The van der Waals surface area contributed by atoms with E-state index in [1.54, 1.807) is 11.3 Å². The van der Waals surface area contributed by atoms with Crippen LogP contribution in [0.15, 0.2) is 47.5 Å². The molecule has 232 valence electrons. The summed E-state index contributed by atoms with van der Waals surface area (Å²) in [6.07, 6.45) is 10.5. The standard InChI is InChI=1S/C32H42N4O6S/c1-3-4-5-6-7-8-9-12-21-40-28(37)15-16-29(38)41-23-42-32(39)36-27-14-11-10-13-26(27)34-30-25(22-24(2)43-30)31(36)35-19-17-33-18-20-35/h10-11,13-16,22,33H,3-9,12,17-21,23H2,1-2H3/b16-15+. The van der Waals surface area contributed by atoms with Crippen LogP contribution in [0.4, 0.5) is 16.2 Å². The number of rotatable bonds is 14. The van der Waals surface area contributed by atoms with E-state index >= 15 is 0 Å². The van der Waals surface area contributed by atoms with Gasteiger partial charge in [-0.25, -0.2) is 24.3 Å². The number of anilines is 1. The Labute approximate surface area is 257 Å². The van der Waals surface area contributed by atoms with Crippen LogP contribution in [0.2, 0.25) is 0 Å². The number of ether oxygens (including phenoxy) is 3. The number of carbonyl (C=O) groups is 3. The van der Waals surface area contributed by atoms with Gasteiger partial charge in [-0.2, -0.15) is 0 Å². The molecule has 1 aromatic heterocycles. The average Bonchev–Trinajstić information content (AvgIpc) is 3.31. The first-order valence-electron chi connectivity index (χ1n) is 15.2. The number of hydrogen-bond acceptors (Lipinski definition) is 10. The number of aryl methyl sites for hydroxylation is 1. The van der Waals surface area contributed by atoms with E-state index in [0.29, 0.717) is 36.9 Å². The summed E-state index contributed by atoms with van der Waals surface area (Å²) in [5.41, 5.74) is 1.21. The molecule has 2 aliphatic rings. The minimum Gasteiger partial charge on any atom is -0.463 e. The van der Waals surface area contributed by atoms with Gasteiger partial charge in [0.25, 0.3) is 0 Å². The molecule has 0 radical (unpaired) electrons. The van der Waals surface area contributed by atoms with Crippen molar-refractivity contribution in [2.75, 3.05) is 44.5 Å². The largest absolute Gasteiger partial charge is 0.463 e. The molecule has 1 N–H and O–H groups in total. The number of esters is 2.